The highest BCUT2D eigenvalue weighted by Crippen LogP contribution is 2.24. The molecule has 0 saturated heterocycles. The number of benzene rings is 1. The molecule has 0 aliphatic heterocycles. The van der Waals surface area contributed by atoms with Gasteiger partial charge in [-0.25, -0.2) is 9.36 Å². The summed E-state index contributed by atoms with van der Waals surface area (Å²) in [6.07, 6.45) is 3.25. The van der Waals surface area contributed by atoms with E-state index < -0.39 is 0 Å². The zero-order chi connectivity index (χ0) is 16.7. The van der Waals surface area contributed by atoms with E-state index >= 15 is 0 Å². The highest BCUT2D eigenvalue weighted by Gasteiger charge is 2.18. The van der Waals surface area contributed by atoms with Gasteiger partial charge in [-0.1, -0.05) is 17.3 Å². The lowest BCUT2D eigenvalue weighted by molar-refractivity contribution is 0.102. The van der Waals surface area contributed by atoms with Crippen molar-refractivity contribution in [1.82, 2.24) is 35.0 Å². The van der Waals surface area contributed by atoms with Crippen molar-refractivity contribution in [2.45, 2.75) is 6.92 Å². The molecule has 9 nitrogen and oxygen atoms in total. The van der Waals surface area contributed by atoms with Gasteiger partial charge >= 0.3 is 0 Å². The lowest BCUT2D eigenvalue weighted by atomic mass is 10.1. The van der Waals surface area contributed by atoms with E-state index in [0.717, 1.165) is 11.1 Å². The molecule has 0 unspecified atom stereocenters. The molecule has 3 heterocycles. The number of aryl methyl sites for hydroxylation is 2. The summed E-state index contributed by atoms with van der Waals surface area (Å²) in [4.78, 5) is 12.7. The third-order valence-electron chi connectivity index (χ3n) is 3.77. The second kappa shape index (κ2) is 5.30. The standard InChI is InChI=1S/C15H14N8O/c1-9-12-13(18-19-14(12)22(2)20-9)17-15(24)10-5-3-4-6-11(10)23-8-7-16-21-23/h3-8H,1-2H3,(H2,17,18,19,24). The van der Waals surface area contributed by atoms with Crippen LogP contribution in [0, 0.1) is 6.92 Å². The van der Waals surface area contributed by atoms with Crippen molar-refractivity contribution in [3.05, 3.63) is 47.9 Å². The van der Waals surface area contributed by atoms with Crippen molar-refractivity contribution in [2.24, 2.45) is 7.05 Å². The summed E-state index contributed by atoms with van der Waals surface area (Å²) in [5.74, 6) is 0.254. The van der Waals surface area contributed by atoms with Crippen LogP contribution in [-0.2, 0) is 7.05 Å². The molecule has 3 aromatic heterocycles. The Balaban J connectivity index is 1.72. The van der Waals surface area contributed by atoms with Gasteiger partial charge in [-0.05, 0) is 19.1 Å². The van der Waals surface area contributed by atoms with Gasteiger partial charge in [0.05, 0.1) is 34.7 Å². The smallest absolute Gasteiger partial charge is 0.259 e. The minimum Gasteiger partial charge on any atom is -0.306 e. The number of fused-ring (bicyclic) bond motifs is 1. The Bertz CT molecular complexity index is 1030. The number of carbonyl (C=O) groups excluding carboxylic acids is 1. The molecule has 0 fully saturated rings. The van der Waals surface area contributed by atoms with Gasteiger partial charge in [0, 0.05) is 7.05 Å². The van der Waals surface area contributed by atoms with Gasteiger partial charge in [-0.15, -0.1) is 5.10 Å². The number of nitrogens with one attached hydrogen (secondary N) is 2. The third-order valence-corrected chi connectivity index (χ3v) is 3.77. The molecule has 2 N–H and O–H groups in total. The quantitative estimate of drug-likeness (QED) is 0.593. The molecule has 0 spiro atoms. The summed E-state index contributed by atoms with van der Waals surface area (Å²) < 4.78 is 3.22. The van der Waals surface area contributed by atoms with E-state index in [0.29, 0.717) is 22.7 Å². The number of anilines is 1. The Morgan fingerprint density at radius 1 is 1.29 bits per heavy atom. The van der Waals surface area contributed by atoms with Gasteiger partial charge in [0.15, 0.2) is 5.65 Å². The summed E-state index contributed by atoms with van der Waals surface area (Å²) >= 11 is 0. The summed E-state index contributed by atoms with van der Waals surface area (Å²) in [6.45, 7) is 1.87. The molecule has 1 amide bonds. The first-order chi connectivity index (χ1) is 11.6. The molecule has 1 aromatic carbocycles. The molecule has 0 bridgehead atoms. The zero-order valence-electron chi connectivity index (χ0n) is 13.1. The molecule has 120 valence electrons. The van der Waals surface area contributed by atoms with E-state index in [-0.39, 0.29) is 5.91 Å². The van der Waals surface area contributed by atoms with Crippen molar-refractivity contribution >= 4 is 22.8 Å². The fraction of sp³-hybridized carbons (Fsp3) is 0.133. The maximum atomic E-state index is 12.7. The number of aromatic nitrogens is 7. The normalized spacial score (nSPS) is 11.1. The Morgan fingerprint density at radius 3 is 2.92 bits per heavy atom. The SMILES string of the molecule is Cc1nn(C)c2n[nH]c(NC(=O)c3ccccc3-n3ccnn3)c12. The number of para-hydroxylation sites is 1. The van der Waals surface area contributed by atoms with Crippen LogP contribution in [0.4, 0.5) is 5.82 Å². The minimum atomic E-state index is -0.269. The van der Waals surface area contributed by atoms with Gasteiger partial charge in [0.25, 0.3) is 5.91 Å². The number of hydrogen-bond acceptors (Lipinski definition) is 5. The van der Waals surface area contributed by atoms with E-state index in [4.69, 9.17) is 0 Å². The van der Waals surface area contributed by atoms with E-state index in [1.807, 2.05) is 26.1 Å². The third kappa shape index (κ3) is 2.14. The number of carbonyl (C=O) groups is 1. The maximum absolute atomic E-state index is 12.7. The van der Waals surface area contributed by atoms with Crippen LogP contribution in [0.15, 0.2) is 36.7 Å². The average Bonchev–Trinajstić information content (AvgIpc) is 3.29. The van der Waals surface area contributed by atoms with Crippen molar-refractivity contribution in [1.29, 1.82) is 0 Å². The lowest BCUT2D eigenvalue weighted by Crippen LogP contribution is -2.15. The fourth-order valence-electron chi connectivity index (χ4n) is 2.71. The zero-order valence-corrected chi connectivity index (χ0v) is 13.1. The number of nitrogens with zero attached hydrogens (tertiary/aromatic N) is 6. The highest BCUT2D eigenvalue weighted by atomic mass is 16.1. The van der Waals surface area contributed by atoms with Crippen molar-refractivity contribution in [3.8, 4) is 5.69 Å². The monoisotopic (exact) mass is 322 g/mol. The molecular formula is C15H14N8O. The molecule has 9 heteroatoms. The Morgan fingerprint density at radius 2 is 2.12 bits per heavy atom. The lowest BCUT2D eigenvalue weighted by Gasteiger charge is -2.08. The first-order valence-electron chi connectivity index (χ1n) is 7.30. The van der Waals surface area contributed by atoms with E-state index in [1.54, 1.807) is 33.9 Å². The van der Waals surface area contributed by atoms with E-state index in [2.05, 4.69) is 30.9 Å². The van der Waals surface area contributed by atoms with Crippen molar-refractivity contribution < 1.29 is 4.79 Å². The molecule has 0 radical (unpaired) electrons. The molecular weight excluding hydrogens is 308 g/mol. The van der Waals surface area contributed by atoms with Crippen LogP contribution in [-0.4, -0.2) is 40.9 Å². The van der Waals surface area contributed by atoms with Gasteiger partial charge in [0.2, 0.25) is 0 Å². The predicted molar refractivity (Wildman–Crippen MR) is 86.9 cm³/mol. The second-order valence-corrected chi connectivity index (χ2v) is 5.33. The summed E-state index contributed by atoms with van der Waals surface area (Å²) in [7, 11) is 1.81. The molecule has 4 rings (SSSR count). The van der Waals surface area contributed by atoms with E-state index in [9.17, 15) is 4.79 Å². The summed E-state index contributed by atoms with van der Waals surface area (Å²) in [5.41, 5.74) is 2.60. The number of H-pyrrole nitrogens is 1. The van der Waals surface area contributed by atoms with Crippen LogP contribution < -0.4 is 5.32 Å². The largest absolute Gasteiger partial charge is 0.306 e. The molecule has 0 saturated carbocycles. The van der Waals surface area contributed by atoms with Crippen molar-refractivity contribution in [3.63, 3.8) is 0 Å². The van der Waals surface area contributed by atoms with Gasteiger partial charge in [0.1, 0.15) is 5.82 Å². The molecule has 4 aromatic rings. The van der Waals surface area contributed by atoms with Crippen LogP contribution >= 0.6 is 0 Å². The minimum absolute atomic E-state index is 0.269. The van der Waals surface area contributed by atoms with Crippen LogP contribution in [0.25, 0.3) is 16.7 Å². The summed E-state index contributed by atoms with van der Waals surface area (Å²) in [6, 6.07) is 7.18. The fourth-order valence-corrected chi connectivity index (χ4v) is 2.71. The summed E-state index contributed by atoms with van der Waals surface area (Å²) in [5, 5.41) is 22.7. The highest BCUT2D eigenvalue weighted by molar-refractivity contribution is 6.09. The Kier molecular flexibility index (Phi) is 3.12. The number of rotatable bonds is 3. The van der Waals surface area contributed by atoms with E-state index in [1.165, 1.54) is 0 Å². The van der Waals surface area contributed by atoms with Gasteiger partial charge in [-0.3, -0.25) is 9.89 Å². The van der Waals surface area contributed by atoms with Crippen LogP contribution in [0.5, 0.6) is 0 Å². The Hall–Kier alpha value is -3.49. The predicted octanol–water partition coefficient (Wildman–Crippen LogP) is 1.44. The molecule has 0 aliphatic carbocycles. The topological polar surface area (TPSA) is 106 Å². The first-order valence-corrected chi connectivity index (χ1v) is 7.30. The molecule has 24 heavy (non-hydrogen) atoms. The number of aromatic amines is 1. The molecule has 0 aliphatic rings. The second-order valence-electron chi connectivity index (χ2n) is 5.33. The average molecular weight is 322 g/mol. The van der Waals surface area contributed by atoms with Crippen molar-refractivity contribution in [2.75, 3.05) is 5.32 Å². The van der Waals surface area contributed by atoms with Crippen LogP contribution in [0.3, 0.4) is 0 Å². The van der Waals surface area contributed by atoms with Crippen LogP contribution in [0.1, 0.15) is 16.1 Å². The number of amides is 1. The molecule has 0 atom stereocenters. The first kappa shape index (κ1) is 14.1. The Labute approximate surface area is 136 Å². The number of hydrogen-bond donors (Lipinski definition) is 2. The van der Waals surface area contributed by atoms with Crippen LogP contribution in [0.2, 0.25) is 0 Å². The maximum Gasteiger partial charge on any atom is 0.259 e. The van der Waals surface area contributed by atoms with Gasteiger partial charge < -0.3 is 5.32 Å². The van der Waals surface area contributed by atoms with Gasteiger partial charge in [-0.2, -0.15) is 10.2 Å².